The number of hydrogen-bond acceptors (Lipinski definition) is 7. The van der Waals surface area contributed by atoms with E-state index < -0.39 is 47.7 Å². The molecule has 2 aromatic rings. The number of amides is 2. The number of nitrogens with zero attached hydrogens (tertiary/aromatic N) is 2. The zero-order valence-corrected chi connectivity index (χ0v) is 20.4. The Bertz CT molecular complexity index is 1310. The topological polar surface area (TPSA) is 130 Å². The number of carbonyl (C=O) groups is 2. The lowest BCUT2D eigenvalue weighted by atomic mass is 9.54. The van der Waals surface area contributed by atoms with Crippen LogP contribution in [0.2, 0.25) is 5.02 Å². The van der Waals surface area contributed by atoms with Crippen molar-refractivity contribution in [1.82, 2.24) is 0 Å². The molecule has 0 bridgehead atoms. The van der Waals surface area contributed by atoms with Crippen LogP contribution in [0.25, 0.3) is 0 Å². The summed E-state index contributed by atoms with van der Waals surface area (Å²) in [5.41, 5.74) is 2.01. The highest BCUT2D eigenvalue weighted by Gasteiger charge is 2.58. The van der Waals surface area contributed by atoms with E-state index in [1.165, 1.54) is 36.4 Å². The Hall–Kier alpha value is -3.21. The first kappa shape index (κ1) is 24.5. The summed E-state index contributed by atoms with van der Waals surface area (Å²) >= 11 is 6.35. The Morgan fingerprint density at radius 2 is 1.92 bits per heavy atom. The molecule has 0 aromatic heterocycles. The van der Waals surface area contributed by atoms with Crippen molar-refractivity contribution < 1.29 is 29.3 Å². The van der Waals surface area contributed by atoms with E-state index in [2.05, 4.69) is 0 Å². The van der Waals surface area contributed by atoms with Crippen molar-refractivity contribution in [2.24, 2.45) is 23.7 Å². The highest BCUT2D eigenvalue weighted by molar-refractivity contribution is 6.53. The van der Waals surface area contributed by atoms with Gasteiger partial charge in [-0.25, -0.2) is 4.90 Å². The van der Waals surface area contributed by atoms with E-state index >= 15 is 0 Å². The van der Waals surface area contributed by atoms with Gasteiger partial charge in [-0.1, -0.05) is 43.2 Å². The second kappa shape index (κ2) is 9.03. The van der Waals surface area contributed by atoms with Crippen molar-refractivity contribution in [1.29, 1.82) is 0 Å². The van der Waals surface area contributed by atoms with Crippen LogP contribution < -0.4 is 4.90 Å². The number of imide groups is 1. The number of allylic oxidation sites excluding steroid dienone is 2. The number of rotatable bonds is 4. The number of halogens is 1. The van der Waals surface area contributed by atoms with Crippen LogP contribution in [-0.2, 0) is 14.2 Å². The summed E-state index contributed by atoms with van der Waals surface area (Å²) < 4.78 is 5.95. The van der Waals surface area contributed by atoms with Crippen molar-refractivity contribution in [2.75, 3.05) is 4.90 Å². The Kier molecular flexibility index (Phi) is 6.14. The van der Waals surface area contributed by atoms with Crippen LogP contribution in [-0.4, -0.2) is 34.0 Å². The zero-order chi connectivity index (χ0) is 25.9. The molecule has 1 aliphatic carbocycles. The van der Waals surface area contributed by atoms with Gasteiger partial charge in [0.15, 0.2) is 0 Å². The van der Waals surface area contributed by atoms with E-state index in [-0.39, 0.29) is 28.1 Å². The summed E-state index contributed by atoms with van der Waals surface area (Å²) in [5, 5.41) is 32.4. The van der Waals surface area contributed by atoms with Crippen molar-refractivity contribution >= 4 is 41.9 Å². The molecular weight excluding hydrogens is 487 g/mol. The maximum atomic E-state index is 13.8. The molecule has 11 heteroatoms. The molecule has 2 heterocycles. The Labute approximate surface area is 212 Å². The number of benzene rings is 2. The summed E-state index contributed by atoms with van der Waals surface area (Å²) in [7, 11) is -1.29. The van der Waals surface area contributed by atoms with E-state index in [0.29, 0.717) is 23.9 Å². The third-order valence-electron chi connectivity index (χ3n) is 7.47. The molecule has 2 amide bonds. The number of anilines is 1. The SMILES string of the molecule is CC(C)C1=C2B(O)O[C@H](c3ccc(O)cc3Cl)C[C@H]2[C@H]2C(=O)N(c3cccc([N+](=O)[O-])c3)C(=O)[C@H]2C1. The van der Waals surface area contributed by atoms with Gasteiger partial charge in [0.25, 0.3) is 5.69 Å². The van der Waals surface area contributed by atoms with Gasteiger partial charge in [0.05, 0.1) is 28.6 Å². The first-order chi connectivity index (χ1) is 17.1. The number of hydrogen-bond donors (Lipinski definition) is 2. The minimum absolute atomic E-state index is 0.00488. The predicted molar refractivity (Wildman–Crippen MR) is 132 cm³/mol. The number of non-ortho nitro benzene ring substituents is 1. The molecular formula is C25H24BClN2O7. The molecule has 2 N–H and O–H groups in total. The molecule has 3 aliphatic rings. The van der Waals surface area contributed by atoms with Crippen molar-refractivity contribution in [2.45, 2.75) is 32.8 Å². The van der Waals surface area contributed by atoms with Gasteiger partial charge in [-0.3, -0.25) is 19.7 Å². The van der Waals surface area contributed by atoms with Crippen LogP contribution >= 0.6 is 11.6 Å². The fraction of sp³-hybridized carbons (Fsp3) is 0.360. The number of nitro groups is 1. The van der Waals surface area contributed by atoms with Gasteiger partial charge in [-0.2, -0.15) is 0 Å². The molecule has 36 heavy (non-hydrogen) atoms. The third kappa shape index (κ3) is 3.89. The Balaban J connectivity index is 1.57. The molecule has 0 unspecified atom stereocenters. The molecule has 2 aromatic carbocycles. The minimum Gasteiger partial charge on any atom is -0.508 e. The molecule has 5 rings (SSSR count). The second-order valence-corrected chi connectivity index (χ2v) is 10.2. The summed E-state index contributed by atoms with van der Waals surface area (Å²) in [6, 6.07) is 9.96. The van der Waals surface area contributed by atoms with Crippen LogP contribution in [0, 0.1) is 33.8 Å². The molecule has 0 spiro atoms. The molecule has 2 saturated heterocycles. The highest BCUT2D eigenvalue weighted by atomic mass is 35.5. The molecule has 0 saturated carbocycles. The van der Waals surface area contributed by atoms with Gasteiger partial charge >= 0.3 is 7.12 Å². The van der Waals surface area contributed by atoms with Crippen molar-refractivity contribution in [3.05, 3.63) is 74.2 Å². The first-order valence-electron chi connectivity index (χ1n) is 11.8. The zero-order valence-electron chi connectivity index (χ0n) is 19.6. The van der Waals surface area contributed by atoms with Crippen LogP contribution in [0.15, 0.2) is 53.5 Å². The number of nitro benzene ring substituents is 1. The van der Waals surface area contributed by atoms with Gasteiger partial charge in [-0.15, -0.1) is 0 Å². The lowest BCUT2D eigenvalue weighted by Crippen LogP contribution is -2.45. The van der Waals surface area contributed by atoms with Crippen molar-refractivity contribution in [3.8, 4) is 5.75 Å². The smallest absolute Gasteiger partial charge is 0.487 e. The lowest BCUT2D eigenvalue weighted by Gasteiger charge is -2.43. The van der Waals surface area contributed by atoms with Crippen molar-refractivity contribution in [3.63, 3.8) is 0 Å². The average molecular weight is 511 g/mol. The number of phenols is 1. The third-order valence-corrected chi connectivity index (χ3v) is 7.80. The summed E-state index contributed by atoms with van der Waals surface area (Å²) in [6.45, 7) is 3.93. The average Bonchev–Trinajstić information content (AvgIpc) is 3.08. The Morgan fingerprint density at radius 1 is 1.17 bits per heavy atom. The normalized spacial score (nSPS) is 25.9. The van der Waals surface area contributed by atoms with Gasteiger partial charge in [0.1, 0.15) is 5.75 Å². The van der Waals surface area contributed by atoms with Crippen LogP contribution in [0.4, 0.5) is 11.4 Å². The molecule has 9 nitrogen and oxygen atoms in total. The number of aromatic hydroxyl groups is 1. The first-order valence-corrected chi connectivity index (χ1v) is 12.1. The standard InChI is InChI=1S/C25H24BClN2O7/c1-12(2)17-10-19-22(25(32)28(24(19)31)13-4-3-5-14(8-13)29(34)35)18-11-21(36-26(33)23(17)18)16-7-6-15(30)9-20(16)27/h3-9,12,18-19,21-22,30,33H,10-11H2,1-2H3/t18-,19-,21-,22+/m0/s1. The quantitative estimate of drug-likeness (QED) is 0.273. The summed E-state index contributed by atoms with van der Waals surface area (Å²) in [4.78, 5) is 39.1. The minimum atomic E-state index is -1.29. The Morgan fingerprint density at radius 3 is 2.58 bits per heavy atom. The molecule has 186 valence electrons. The summed E-state index contributed by atoms with van der Waals surface area (Å²) in [6.07, 6.45) is -0.0607. The monoisotopic (exact) mass is 510 g/mol. The van der Waals surface area contributed by atoms with E-state index in [0.717, 1.165) is 10.5 Å². The number of fused-ring (bicyclic) bond motifs is 3. The maximum absolute atomic E-state index is 13.8. The molecule has 2 aliphatic heterocycles. The fourth-order valence-corrected chi connectivity index (χ4v) is 6.18. The van der Waals surface area contributed by atoms with Gasteiger partial charge in [0.2, 0.25) is 11.8 Å². The predicted octanol–water partition coefficient (Wildman–Crippen LogP) is 4.21. The van der Waals surface area contributed by atoms with Gasteiger partial charge in [0, 0.05) is 17.2 Å². The summed E-state index contributed by atoms with van der Waals surface area (Å²) in [5.74, 6) is -2.73. The molecule has 0 radical (unpaired) electrons. The number of phenolic OH excluding ortho intramolecular Hbond substituents is 1. The number of carbonyl (C=O) groups excluding carboxylic acids is 2. The van der Waals surface area contributed by atoms with Crippen LogP contribution in [0.1, 0.15) is 38.4 Å². The van der Waals surface area contributed by atoms with Crippen LogP contribution in [0.5, 0.6) is 5.75 Å². The lowest BCUT2D eigenvalue weighted by molar-refractivity contribution is -0.384. The largest absolute Gasteiger partial charge is 0.508 e. The van der Waals surface area contributed by atoms with Gasteiger partial charge < -0.3 is 14.8 Å². The second-order valence-electron chi connectivity index (χ2n) is 9.79. The maximum Gasteiger partial charge on any atom is 0.487 e. The fourth-order valence-electron chi connectivity index (χ4n) is 5.88. The van der Waals surface area contributed by atoms with Crippen LogP contribution in [0.3, 0.4) is 0 Å². The highest BCUT2D eigenvalue weighted by Crippen LogP contribution is 2.53. The van der Waals surface area contributed by atoms with E-state index in [4.69, 9.17) is 16.3 Å². The van der Waals surface area contributed by atoms with E-state index in [1.807, 2.05) is 13.8 Å². The molecule has 4 atom stereocenters. The molecule has 2 fully saturated rings. The van der Waals surface area contributed by atoms with E-state index in [1.54, 1.807) is 6.07 Å². The van der Waals surface area contributed by atoms with E-state index in [9.17, 15) is 29.8 Å². The van der Waals surface area contributed by atoms with Gasteiger partial charge in [-0.05, 0) is 53.9 Å².